The predicted molar refractivity (Wildman–Crippen MR) is 53.5 cm³/mol. The van der Waals surface area contributed by atoms with Crippen LogP contribution in [-0.2, 0) is 4.79 Å². The van der Waals surface area contributed by atoms with E-state index in [1.807, 2.05) is 18.2 Å². The molecule has 1 aromatic heterocycles. The molecular formula is C11H11N3O. The average Bonchev–Trinajstić information content (AvgIpc) is 2.57. The zero-order chi connectivity index (χ0) is 10.8. The van der Waals surface area contributed by atoms with Crippen molar-refractivity contribution < 1.29 is 4.79 Å². The van der Waals surface area contributed by atoms with Gasteiger partial charge in [-0.2, -0.15) is 5.26 Å². The molecule has 4 heteroatoms. The monoisotopic (exact) mass is 201 g/mol. The van der Waals surface area contributed by atoms with Crippen LogP contribution in [0.15, 0.2) is 24.5 Å². The van der Waals surface area contributed by atoms with E-state index in [0.717, 1.165) is 5.56 Å². The van der Waals surface area contributed by atoms with E-state index in [1.54, 1.807) is 24.3 Å². The number of aromatic nitrogens is 1. The summed E-state index contributed by atoms with van der Waals surface area (Å²) < 4.78 is 0. The Morgan fingerprint density at radius 1 is 1.67 bits per heavy atom. The molecule has 76 valence electrons. The molecule has 1 aliphatic heterocycles. The van der Waals surface area contributed by atoms with Gasteiger partial charge in [0.25, 0.3) is 0 Å². The lowest BCUT2D eigenvalue weighted by Gasteiger charge is -2.19. The summed E-state index contributed by atoms with van der Waals surface area (Å²) in [5.74, 6) is -0.591. The molecule has 0 bridgehead atoms. The molecular weight excluding hydrogens is 190 g/mol. The number of rotatable bonds is 1. The van der Waals surface area contributed by atoms with Gasteiger partial charge in [0.05, 0.1) is 12.1 Å². The Hall–Kier alpha value is -1.89. The summed E-state index contributed by atoms with van der Waals surface area (Å²) in [4.78, 5) is 17.3. The van der Waals surface area contributed by atoms with Crippen LogP contribution in [0, 0.1) is 17.2 Å². The van der Waals surface area contributed by atoms with Gasteiger partial charge in [-0.15, -0.1) is 0 Å². The van der Waals surface area contributed by atoms with Crippen LogP contribution in [0.25, 0.3) is 0 Å². The molecule has 15 heavy (non-hydrogen) atoms. The number of hydrogen-bond donors (Lipinski definition) is 0. The topological polar surface area (TPSA) is 57.0 Å². The first-order chi connectivity index (χ1) is 7.24. The smallest absolute Gasteiger partial charge is 0.240 e. The number of hydrogen-bond acceptors (Lipinski definition) is 3. The lowest BCUT2D eigenvalue weighted by molar-refractivity contribution is -0.129. The summed E-state index contributed by atoms with van der Waals surface area (Å²) in [6, 6.07) is 5.80. The van der Waals surface area contributed by atoms with Gasteiger partial charge in [0.2, 0.25) is 5.91 Å². The van der Waals surface area contributed by atoms with E-state index in [-0.39, 0.29) is 11.9 Å². The molecule has 2 rings (SSSR count). The molecule has 1 aliphatic rings. The first kappa shape index (κ1) is 9.66. The third-order valence-corrected chi connectivity index (χ3v) is 2.80. The molecule has 2 heterocycles. The minimum atomic E-state index is -0.500. The fraction of sp³-hybridized carbons (Fsp3) is 0.364. The van der Waals surface area contributed by atoms with Crippen LogP contribution < -0.4 is 0 Å². The zero-order valence-electron chi connectivity index (χ0n) is 8.42. The number of carbonyl (C=O) groups is 1. The largest absolute Gasteiger partial charge is 0.337 e. The Morgan fingerprint density at radius 2 is 2.47 bits per heavy atom. The first-order valence-electron chi connectivity index (χ1n) is 4.80. The highest BCUT2D eigenvalue weighted by atomic mass is 16.2. The summed E-state index contributed by atoms with van der Waals surface area (Å²) in [6.07, 6.45) is 4.01. The summed E-state index contributed by atoms with van der Waals surface area (Å²) in [6.45, 7) is 0. The highest BCUT2D eigenvalue weighted by molar-refractivity contribution is 5.83. The van der Waals surface area contributed by atoms with E-state index < -0.39 is 5.92 Å². The van der Waals surface area contributed by atoms with Crippen molar-refractivity contribution in [2.75, 3.05) is 7.05 Å². The van der Waals surface area contributed by atoms with Crippen molar-refractivity contribution in [3.8, 4) is 6.07 Å². The molecule has 1 aromatic rings. The lowest BCUT2D eigenvalue weighted by Crippen LogP contribution is -2.24. The van der Waals surface area contributed by atoms with Crippen LogP contribution in [0.2, 0.25) is 0 Å². The van der Waals surface area contributed by atoms with Gasteiger partial charge >= 0.3 is 0 Å². The SMILES string of the molecule is CN1C(=O)C(C#N)CC1c1cccnc1. The van der Waals surface area contributed by atoms with E-state index in [4.69, 9.17) is 5.26 Å². The van der Waals surface area contributed by atoms with E-state index in [0.29, 0.717) is 6.42 Å². The van der Waals surface area contributed by atoms with Crippen molar-refractivity contribution in [2.24, 2.45) is 5.92 Å². The molecule has 1 fully saturated rings. The zero-order valence-corrected chi connectivity index (χ0v) is 8.42. The molecule has 0 aliphatic carbocycles. The van der Waals surface area contributed by atoms with Gasteiger partial charge in [-0.3, -0.25) is 9.78 Å². The summed E-state index contributed by atoms with van der Waals surface area (Å²) in [7, 11) is 1.73. The molecule has 1 saturated heterocycles. The Balaban J connectivity index is 2.27. The standard InChI is InChI=1S/C11H11N3O/c1-14-10(5-9(6-12)11(14)15)8-3-2-4-13-7-8/h2-4,7,9-10H,5H2,1H3. The lowest BCUT2D eigenvalue weighted by atomic mass is 10.0. The summed E-state index contributed by atoms with van der Waals surface area (Å²) in [5, 5.41) is 8.81. The van der Waals surface area contributed by atoms with Crippen molar-refractivity contribution in [1.82, 2.24) is 9.88 Å². The van der Waals surface area contributed by atoms with Crippen molar-refractivity contribution >= 4 is 5.91 Å². The molecule has 2 atom stereocenters. The minimum absolute atomic E-state index is 0.00384. The maximum atomic E-state index is 11.6. The molecule has 4 nitrogen and oxygen atoms in total. The number of pyridine rings is 1. The molecule has 1 amide bonds. The Bertz CT molecular complexity index is 410. The number of nitriles is 1. The molecule has 0 spiro atoms. The van der Waals surface area contributed by atoms with E-state index >= 15 is 0 Å². The highest BCUT2D eigenvalue weighted by Crippen LogP contribution is 2.34. The van der Waals surface area contributed by atoms with E-state index in [2.05, 4.69) is 4.98 Å². The number of carbonyl (C=O) groups excluding carboxylic acids is 1. The molecule has 0 aromatic carbocycles. The maximum absolute atomic E-state index is 11.6. The highest BCUT2D eigenvalue weighted by Gasteiger charge is 2.37. The minimum Gasteiger partial charge on any atom is -0.337 e. The van der Waals surface area contributed by atoms with Crippen molar-refractivity contribution in [3.05, 3.63) is 30.1 Å². The fourth-order valence-electron chi connectivity index (χ4n) is 1.92. The van der Waals surface area contributed by atoms with Gasteiger partial charge in [-0.05, 0) is 18.1 Å². The predicted octanol–water partition coefficient (Wildman–Crippen LogP) is 1.12. The van der Waals surface area contributed by atoms with Gasteiger partial charge < -0.3 is 4.90 Å². The van der Waals surface area contributed by atoms with Crippen LogP contribution in [-0.4, -0.2) is 22.8 Å². The quantitative estimate of drug-likeness (QED) is 0.684. The normalized spacial score (nSPS) is 25.3. The third kappa shape index (κ3) is 1.57. The van der Waals surface area contributed by atoms with Crippen LogP contribution in [0.3, 0.4) is 0 Å². The third-order valence-electron chi connectivity index (χ3n) is 2.80. The van der Waals surface area contributed by atoms with Crippen molar-refractivity contribution in [2.45, 2.75) is 12.5 Å². The molecule has 2 unspecified atom stereocenters. The number of amides is 1. The van der Waals surface area contributed by atoms with Crippen LogP contribution in [0.1, 0.15) is 18.0 Å². The molecule has 0 N–H and O–H groups in total. The first-order valence-corrected chi connectivity index (χ1v) is 4.80. The second kappa shape index (κ2) is 3.70. The second-order valence-corrected chi connectivity index (χ2v) is 3.67. The Kier molecular flexibility index (Phi) is 2.38. The van der Waals surface area contributed by atoms with Crippen LogP contribution >= 0.6 is 0 Å². The Labute approximate surface area is 88.1 Å². The van der Waals surface area contributed by atoms with E-state index in [9.17, 15) is 4.79 Å². The average molecular weight is 201 g/mol. The van der Waals surface area contributed by atoms with Gasteiger partial charge in [-0.1, -0.05) is 6.07 Å². The van der Waals surface area contributed by atoms with E-state index in [1.165, 1.54) is 0 Å². The maximum Gasteiger partial charge on any atom is 0.240 e. The van der Waals surface area contributed by atoms with Gasteiger partial charge in [0.1, 0.15) is 5.92 Å². The van der Waals surface area contributed by atoms with Crippen molar-refractivity contribution in [1.29, 1.82) is 5.26 Å². The van der Waals surface area contributed by atoms with Gasteiger partial charge in [-0.25, -0.2) is 0 Å². The van der Waals surface area contributed by atoms with Gasteiger partial charge in [0, 0.05) is 19.4 Å². The van der Waals surface area contributed by atoms with Crippen LogP contribution in [0.5, 0.6) is 0 Å². The second-order valence-electron chi connectivity index (χ2n) is 3.67. The fourth-order valence-corrected chi connectivity index (χ4v) is 1.92. The molecule has 0 radical (unpaired) electrons. The van der Waals surface area contributed by atoms with Crippen LogP contribution in [0.4, 0.5) is 0 Å². The summed E-state index contributed by atoms with van der Waals surface area (Å²) in [5.41, 5.74) is 0.992. The Morgan fingerprint density at radius 3 is 3.00 bits per heavy atom. The van der Waals surface area contributed by atoms with Crippen molar-refractivity contribution in [3.63, 3.8) is 0 Å². The molecule has 0 saturated carbocycles. The number of nitrogens with zero attached hydrogens (tertiary/aromatic N) is 3. The van der Waals surface area contributed by atoms with Gasteiger partial charge in [0.15, 0.2) is 0 Å². The summed E-state index contributed by atoms with van der Waals surface area (Å²) >= 11 is 0. The number of likely N-dealkylation sites (tertiary alicyclic amines) is 1.